The first-order valence-corrected chi connectivity index (χ1v) is 7.86. The van der Waals surface area contributed by atoms with Crippen molar-refractivity contribution in [3.05, 3.63) is 71.3 Å². The van der Waals surface area contributed by atoms with Crippen LogP contribution in [0.2, 0.25) is 0 Å². The van der Waals surface area contributed by atoms with E-state index in [1.807, 2.05) is 54.6 Å². The van der Waals surface area contributed by atoms with Crippen molar-refractivity contribution in [3.63, 3.8) is 0 Å². The van der Waals surface area contributed by atoms with Gasteiger partial charge < -0.3 is 14.8 Å². The number of ether oxygens (including phenoxy) is 2. The maximum absolute atomic E-state index is 12.1. The molecule has 0 spiro atoms. The Morgan fingerprint density at radius 3 is 2.42 bits per heavy atom. The van der Waals surface area contributed by atoms with Crippen LogP contribution in [0.5, 0.6) is 0 Å². The Kier molecular flexibility index (Phi) is 4.79. The molecule has 124 valence electrons. The molecule has 0 saturated carbocycles. The molecule has 2 aromatic rings. The van der Waals surface area contributed by atoms with Crippen LogP contribution in [-0.2, 0) is 20.9 Å². The summed E-state index contributed by atoms with van der Waals surface area (Å²) in [5.74, 6) is -0.331. The number of hydrogen-bond donors (Lipinski definition) is 1. The molecule has 0 aliphatic heterocycles. The van der Waals surface area contributed by atoms with Gasteiger partial charge in [-0.3, -0.25) is 4.79 Å². The fourth-order valence-corrected chi connectivity index (χ4v) is 2.95. The maximum atomic E-state index is 12.1. The number of rotatable bonds is 4. The van der Waals surface area contributed by atoms with E-state index in [9.17, 15) is 9.59 Å². The van der Waals surface area contributed by atoms with E-state index in [2.05, 4.69) is 5.32 Å². The van der Waals surface area contributed by atoms with Gasteiger partial charge in [0.25, 0.3) is 0 Å². The van der Waals surface area contributed by atoms with Crippen molar-refractivity contribution in [3.8, 4) is 0 Å². The molecule has 5 heteroatoms. The molecular weight excluding hydrogens is 306 g/mol. The summed E-state index contributed by atoms with van der Waals surface area (Å²) in [4.78, 5) is 23.3. The summed E-state index contributed by atoms with van der Waals surface area (Å²) in [6.07, 6.45) is -0.306. The number of amides is 1. The average molecular weight is 325 g/mol. The Bertz CT molecular complexity index is 729. The maximum Gasteiger partial charge on any atom is 0.407 e. The highest BCUT2D eigenvalue weighted by molar-refractivity contribution is 5.69. The van der Waals surface area contributed by atoms with Gasteiger partial charge in [0.2, 0.25) is 0 Å². The van der Waals surface area contributed by atoms with Crippen LogP contribution in [0.15, 0.2) is 54.6 Å². The lowest BCUT2D eigenvalue weighted by atomic mass is 10.1. The molecule has 1 aliphatic carbocycles. The Balaban J connectivity index is 1.62. The van der Waals surface area contributed by atoms with Gasteiger partial charge in [-0.15, -0.1) is 0 Å². The van der Waals surface area contributed by atoms with Gasteiger partial charge in [-0.1, -0.05) is 54.6 Å². The summed E-state index contributed by atoms with van der Waals surface area (Å²) in [5, 5.41) is 2.86. The van der Waals surface area contributed by atoms with Crippen LogP contribution in [0.25, 0.3) is 0 Å². The molecule has 0 heterocycles. The summed E-state index contributed by atoms with van der Waals surface area (Å²) in [7, 11) is 0. The van der Waals surface area contributed by atoms with Crippen molar-refractivity contribution in [1.82, 2.24) is 5.32 Å². The van der Waals surface area contributed by atoms with E-state index >= 15 is 0 Å². The van der Waals surface area contributed by atoms with Crippen LogP contribution in [0.4, 0.5) is 4.79 Å². The Morgan fingerprint density at radius 1 is 1.04 bits per heavy atom. The first kappa shape index (κ1) is 16.1. The number of fused-ring (bicyclic) bond motifs is 1. The third kappa shape index (κ3) is 3.74. The fraction of sp³-hybridized carbons (Fsp3) is 0.263. The first-order valence-electron chi connectivity index (χ1n) is 7.86. The van der Waals surface area contributed by atoms with Crippen molar-refractivity contribution < 1.29 is 19.1 Å². The lowest BCUT2D eigenvalue weighted by Gasteiger charge is -2.14. The minimum Gasteiger partial charge on any atom is -0.458 e. The largest absolute Gasteiger partial charge is 0.458 e. The Hall–Kier alpha value is -2.82. The van der Waals surface area contributed by atoms with E-state index in [-0.39, 0.29) is 24.7 Å². The number of alkyl carbamates (subject to hydrolysis) is 1. The predicted octanol–water partition coefficient (Wildman–Crippen LogP) is 3.66. The molecule has 0 aromatic heterocycles. The zero-order valence-corrected chi connectivity index (χ0v) is 13.4. The third-order valence-electron chi connectivity index (χ3n) is 3.98. The van der Waals surface area contributed by atoms with Gasteiger partial charge in [0.05, 0.1) is 6.04 Å². The number of nitrogens with one attached hydrogen (secondary N) is 1. The fourth-order valence-electron chi connectivity index (χ4n) is 2.95. The van der Waals surface area contributed by atoms with Gasteiger partial charge in [-0.25, -0.2) is 4.79 Å². The lowest BCUT2D eigenvalue weighted by molar-refractivity contribution is -0.146. The third-order valence-corrected chi connectivity index (χ3v) is 3.98. The van der Waals surface area contributed by atoms with Gasteiger partial charge in [0.15, 0.2) is 0 Å². The second-order valence-corrected chi connectivity index (χ2v) is 5.72. The van der Waals surface area contributed by atoms with E-state index in [0.717, 1.165) is 16.7 Å². The van der Waals surface area contributed by atoms with Crippen molar-refractivity contribution in [2.75, 3.05) is 0 Å². The van der Waals surface area contributed by atoms with Gasteiger partial charge in [0, 0.05) is 13.3 Å². The van der Waals surface area contributed by atoms with Crippen LogP contribution in [0.3, 0.4) is 0 Å². The van der Waals surface area contributed by atoms with Gasteiger partial charge in [-0.05, 0) is 16.7 Å². The second kappa shape index (κ2) is 7.17. The normalized spacial score (nSPS) is 18.5. The molecule has 2 atom stereocenters. The van der Waals surface area contributed by atoms with Crippen LogP contribution in [0.1, 0.15) is 42.2 Å². The van der Waals surface area contributed by atoms with Crippen molar-refractivity contribution in [2.24, 2.45) is 0 Å². The van der Waals surface area contributed by atoms with Crippen molar-refractivity contribution in [2.45, 2.75) is 32.1 Å². The Morgan fingerprint density at radius 2 is 1.71 bits per heavy atom. The molecule has 3 rings (SSSR count). The van der Waals surface area contributed by atoms with Crippen LogP contribution in [0, 0.1) is 0 Å². The molecule has 1 N–H and O–H groups in total. The molecular formula is C19H19NO4. The summed E-state index contributed by atoms with van der Waals surface area (Å²) in [6, 6.07) is 16.9. The minimum absolute atomic E-state index is 0.217. The molecule has 5 nitrogen and oxygen atoms in total. The summed E-state index contributed by atoms with van der Waals surface area (Å²) in [5.41, 5.74) is 2.82. The number of esters is 1. The van der Waals surface area contributed by atoms with E-state index in [1.165, 1.54) is 6.92 Å². The second-order valence-electron chi connectivity index (χ2n) is 5.72. The highest BCUT2D eigenvalue weighted by Crippen LogP contribution is 2.40. The number of carbonyl (C=O) groups excluding carboxylic acids is 2. The predicted molar refractivity (Wildman–Crippen MR) is 88.1 cm³/mol. The van der Waals surface area contributed by atoms with E-state index in [1.54, 1.807) is 0 Å². The topological polar surface area (TPSA) is 64.6 Å². The smallest absolute Gasteiger partial charge is 0.407 e. The van der Waals surface area contributed by atoms with E-state index in [0.29, 0.717) is 6.42 Å². The molecule has 1 aliphatic rings. The summed E-state index contributed by atoms with van der Waals surface area (Å²) >= 11 is 0. The van der Waals surface area contributed by atoms with E-state index < -0.39 is 6.09 Å². The first-order chi connectivity index (χ1) is 11.6. The number of carbonyl (C=O) groups is 2. The van der Waals surface area contributed by atoms with Crippen LogP contribution < -0.4 is 5.32 Å². The zero-order chi connectivity index (χ0) is 16.9. The number of hydrogen-bond acceptors (Lipinski definition) is 4. The molecule has 0 bridgehead atoms. The average Bonchev–Trinajstić information content (AvgIpc) is 2.91. The SMILES string of the molecule is CC(=O)O[C@H]1C[C@H](NC(=O)OCc2ccccc2)c2ccccc21. The van der Waals surface area contributed by atoms with Gasteiger partial charge >= 0.3 is 12.1 Å². The lowest BCUT2D eigenvalue weighted by Crippen LogP contribution is -2.28. The molecule has 0 radical (unpaired) electrons. The highest BCUT2D eigenvalue weighted by Gasteiger charge is 2.33. The zero-order valence-electron chi connectivity index (χ0n) is 13.4. The molecule has 2 aromatic carbocycles. The number of benzene rings is 2. The minimum atomic E-state index is -0.484. The summed E-state index contributed by atoms with van der Waals surface area (Å²) < 4.78 is 10.6. The molecule has 0 saturated heterocycles. The molecule has 0 fully saturated rings. The van der Waals surface area contributed by atoms with Gasteiger partial charge in [0.1, 0.15) is 12.7 Å². The molecule has 1 amide bonds. The van der Waals surface area contributed by atoms with Crippen molar-refractivity contribution in [1.29, 1.82) is 0 Å². The van der Waals surface area contributed by atoms with Crippen LogP contribution in [-0.4, -0.2) is 12.1 Å². The molecule has 24 heavy (non-hydrogen) atoms. The quantitative estimate of drug-likeness (QED) is 0.871. The van der Waals surface area contributed by atoms with Crippen LogP contribution >= 0.6 is 0 Å². The summed E-state index contributed by atoms with van der Waals surface area (Å²) in [6.45, 7) is 1.60. The van der Waals surface area contributed by atoms with E-state index in [4.69, 9.17) is 9.47 Å². The standard InChI is InChI=1S/C19H19NO4/c1-13(21)24-18-11-17(15-9-5-6-10-16(15)18)20-19(22)23-12-14-7-3-2-4-8-14/h2-10,17-18H,11-12H2,1H3,(H,20,22)/t17-,18-/m0/s1. The van der Waals surface area contributed by atoms with Crippen molar-refractivity contribution >= 4 is 12.1 Å². The van der Waals surface area contributed by atoms with Gasteiger partial charge in [-0.2, -0.15) is 0 Å². The Labute approximate surface area is 140 Å². The molecule has 0 unspecified atom stereocenters. The monoisotopic (exact) mass is 325 g/mol. The highest BCUT2D eigenvalue weighted by atomic mass is 16.6.